The van der Waals surface area contributed by atoms with E-state index < -0.39 is 0 Å². The molecule has 2 amide bonds. The largest absolute Gasteiger partial charge is 0.368 e. The van der Waals surface area contributed by atoms with Gasteiger partial charge in [-0.2, -0.15) is 0 Å². The van der Waals surface area contributed by atoms with Gasteiger partial charge in [0, 0.05) is 31.6 Å². The van der Waals surface area contributed by atoms with Gasteiger partial charge in [-0.15, -0.1) is 0 Å². The first-order valence-corrected chi connectivity index (χ1v) is 9.16. The first-order chi connectivity index (χ1) is 13.1. The maximum absolute atomic E-state index is 12.2. The molecular formula is C21H25N3O3. The van der Waals surface area contributed by atoms with E-state index >= 15 is 0 Å². The number of nitrogens with zero attached hydrogens (tertiary/aromatic N) is 1. The summed E-state index contributed by atoms with van der Waals surface area (Å²) in [4.78, 5) is 26.2. The zero-order valence-electron chi connectivity index (χ0n) is 15.5. The number of likely N-dealkylation sites (N-methyl/N-ethyl adjacent to an activating group) is 1. The molecule has 1 unspecified atom stereocenters. The third-order valence-corrected chi connectivity index (χ3v) is 4.48. The van der Waals surface area contributed by atoms with Gasteiger partial charge in [0.1, 0.15) is 6.10 Å². The Kier molecular flexibility index (Phi) is 6.44. The first kappa shape index (κ1) is 18.9. The normalized spacial score (nSPS) is 16.0. The Bertz CT molecular complexity index is 773. The standard InChI is InChI=1S/C21H25N3O3/c1-24(18-9-3-2-4-10-18)15-20(25)22-14-16-7-5-8-17(13-16)23-21(26)19-11-6-12-27-19/h2-5,7-10,13,19H,6,11-12,14-15H2,1H3,(H,22,25)(H,23,26). The maximum Gasteiger partial charge on any atom is 0.253 e. The summed E-state index contributed by atoms with van der Waals surface area (Å²) < 4.78 is 5.40. The molecule has 0 saturated carbocycles. The molecule has 1 atom stereocenters. The van der Waals surface area contributed by atoms with Crippen molar-refractivity contribution in [2.75, 3.05) is 30.4 Å². The van der Waals surface area contributed by atoms with Crippen molar-refractivity contribution in [3.05, 3.63) is 60.2 Å². The van der Waals surface area contributed by atoms with Crippen LogP contribution in [0.4, 0.5) is 11.4 Å². The van der Waals surface area contributed by atoms with Gasteiger partial charge in [0.2, 0.25) is 5.91 Å². The molecule has 142 valence electrons. The van der Waals surface area contributed by atoms with Crippen molar-refractivity contribution < 1.29 is 14.3 Å². The molecule has 0 aromatic heterocycles. The summed E-state index contributed by atoms with van der Waals surface area (Å²) in [7, 11) is 1.89. The van der Waals surface area contributed by atoms with Gasteiger partial charge in [-0.1, -0.05) is 30.3 Å². The molecule has 1 fully saturated rings. The third-order valence-electron chi connectivity index (χ3n) is 4.48. The van der Waals surface area contributed by atoms with Crippen LogP contribution in [0.1, 0.15) is 18.4 Å². The number of benzene rings is 2. The number of carbonyl (C=O) groups is 2. The van der Waals surface area contributed by atoms with Crippen molar-refractivity contribution in [2.45, 2.75) is 25.5 Å². The molecule has 2 N–H and O–H groups in total. The molecule has 0 bridgehead atoms. The molecule has 0 radical (unpaired) electrons. The molecule has 0 spiro atoms. The van der Waals surface area contributed by atoms with Gasteiger partial charge >= 0.3 is 0 Å². The highest BCUT2D eigenvalue weighted by atomic mass is 16.5. The Morgan fingerprint density at radius 2 is 1.96 bits per heavy atom. The Hall–Kier alpha value is -2.86. The van der Waals surface area contributed by atoms with Gasteiger partial charge in [-0.25, -0.2) is 0 Å². The van der Waals surface area contributed by atoms with E-state index in [2.05, 4.69) is 10.6 Å². The summed E-state index contributed by atoms with van der Waals surface area (Å²) in [5.41, 5.74) is 2.63. The molecule has 27 heavy (non-hydrogen) atoms. The Labute approximate surface area is 159 Å². The van der Waals surface area contributed by atoms with E-state index in [0.717, 1.165) is 24.1 Å². The van der Waals surface area contributed by atoms with Gasteiger partial charge in [0.15, 0.2) is 0 Å². The number of amides is 2. The summed E-state index contributed by atoms with van der Waals surface area (Å²) in [6.07, 6.45) is 1.32. The zero-order chi connectivity index (χ0) is 19.1. The first-order valence-electron chi connectivity index (χ1n) is 9.16. The minimum Gasteiger partial charge on any atom is -0.368 e. The fourth-order valence-corrected chi connectivity index (χ4v) is 3.01. The average molecular weight is 367 g/mol. The van der Waals surface area contributed by atoms with Crippen molar-refractivity contribution in [1.82, 2.24) is 5.32 Å². The Balaban J connectivity index is 1.49. The summed E-state index contributed by atoms with van der Waals surface area (Å²) in [6.45, 7) is 1.33. The van der Waals surface area contributed by atoms with Gasteiger partial charge < -0.3 is 20.3 Å². The van der Waals surface area contributed by atoms with Gasteiger partial charge in [-0.05, 0) is 42.7 Å². The third kappa shape index (κ3) is 5.56. The van der Waals surface area contributed by atoms with Crippen LogP contribution < -0.4 is 15.5 Å². The van der Waals surface area contributed by atoms with E-state index in [1.54, 1.807) is 0 Å². The van der Waals surface area contributed by atoms with Crippen LogP contribution in [-0.4, -0.2) is 38.1 Å². The second-order valence-corrected chi connectivity index (χ2v) is 6.66. The minimum absolute atomic E-state index is 0.0600. The van der Waals surface area contributed by atoms with Crippen molar-refractivity contribution in [1.29, 1.82) is 0 Å². The highest BCUT2D eigenvalue weighted by Gasteiger charge is 2.23. The molecular weight excluding hydrogens is 342 g/mol. The SMILES string of the molecule is CN(CC(=O)NCc1cccc(NC(=O)C2CCCO2)c1)c1ccccc1. The number of hydrogen-bond acceptors (Lipinski definition) is 4. The summed E-state index contributed by atoms with van der Waals surface area (Å²) in [5.74, 6) is -0.173. The highest BCUT2D eigenvalue weighted by molar-refractivity contribution is 5.94. The van der Waals surface area contributed by atoms with Crippen molar-refractivity contribution >= 4 is 23.2 Å². The predicted octanol–water partition coefficient (Wildman–Crippen LogP) is 2.56. The second-order valence-electron chi connectivity index (χ2n) is 6.66. The van der Waals surface area contributed by atoms with Crippen LogP contribution in [0, 0.1) is 0 Å². The topological polar surface area (TPSA) is 70.7 Å². The molecule has 1 saturated heterocycles. The number of carbonyl (C=O) groups excluding carboxylic acids is 2. The van der Waals surface area contributed by atoms with Crippen LogP contribution in [0.3, 0.4) is 0 Å². The van der Waals surface area contributed by atoms with E-state index in [1.165, 1.54) is 0 Å². The van der Waals surface area contributed by atoms with Crippen molar-refractivity contribution in [2.24, 2.45) is 0 Å². The van der Waals surface area contributed by atoms with E-state index in [9.17, 15) is 9.59 Å². The molecule has 6 nitrogen and oxygen atoms in total. The molecule has 6 heteroatoms. The molecule has 1 heterocycles. The smallest absolute Gasteiger partial charge is 0.253 e. The van der Waals surface area contributed by atoms with E-state index in [4.69, 9.17) is 4.74 Å². The fourth-order valence-electron chi connectivity index (χ4n) is 3.01. The lowest BCUT2D eigenvalue weighted by Gasteiger charge is -2.18. The molecule has 3 rings (SSSR count). The molecule has 2 aromatic carbocycles. The summed E-state index contributed by atoms with van der Waals surface area (Å²) >= 11 is 0. The van der Waals surface area contributed by atoms with Gasteiger partial charge in [0.25, 0.3) is 5.91 Å². The van der Waals surface area contributed by atoms with Crippen molar-refractivity contribution in [3.8, 4) is 0 Å². The number of anilines is 2. The van der Waals surface area contributed by atoms with Crippen LogP contribution in [0.2, 0.25) is 0 Å². The zero-order valence-corrected chi connectivity index (χ0v) is 15.5. The highest BCUT2D eigenvalue weighted by Crippen LogP contribution is 2.16. The van der Waals surface area contributed by atoms with Crippen LogP contribution in [0.15, 0.2) is 54.6 Å². The molecule has 0 aliphatic carbocycles. The fraction of sp³-hybridized carbons (Fsp3) is 0.333. The lowest BCUT2D eigenvalue weighted by atomic mass is 10.2. The lowest BCUT2D eigenvalue weighted by molar-refractivity contribution is -0.124. The number of hydrogen-bond donors (Lipinski definition) is 2. The summed E-state index contributed by atoms with van der Waals surface area (Å²) in [5, 5.41) is 5.80. The molecule has 1 aliphatic heterocycles. The second kappa shape index (κ2) is 9.19. The van der Waals surface area contributed by atoms with Crippen LogP contribution in [0.25, 0.3) is 0 Å². The number of rotatable bonds is 7. The Morgan fingerprint density at radius 1 is 1.15 bits per heavy atom. The Morgan fingerprint density at radius 3 is 2.70 bits per heavy atom. The minimum atomic E-state index is -0.359. The van der Waals surface area contributed by atoms with Crippen molar-refractivity contribution in [3.63, 3.8) is 0 Å². The number of nitrogens with one attached hydrogen (secondary N) is 2. The van der Waals surface area contributed by atoms with Crippen LogP contribution in [0.5, 0.6) is 0 Å². The van der Waals surface area contributed by atoms with E-state index in [-0.39, 0.29) is 24.5 Å². The van der Waals surface area contributed by atoms with Crippen LogP contribution >= 0.6 is 0 Å². The van der Waals surface area contributed by atoms with E-state index in [0.29, 0.717) is 18.8 Å². The summed E-state index contributed by atoms with van der Waals surface area (Å²) in [6, 6.07) is 17.3. The van der Waals surface area contributed by atoms with Crippen LogP contribution in [-0.2, 0) is 20.9 Å². The van der Waals surface area contributed by atoms with Gasteiger partial charge in [0.05, 0.1) is 6.54 Å². The lowest BCUT2D eigenvalue weighted by Crippen LogP contribution is -2.34. The monoisotopic (exact) mass is 367 g/mol. The maximum atomic E-state index is 12.2. The quantitative estimate of drug-likeness (QED) is 0.789. The average Bonchev–Trinajstić information content (AvgIpc) is 3.22. The predicted molar refractivity (Wildman–Crippen MR) is 106 cm³/mol. The number of para-hydroxylation sites is 1. The van der Waals surface area contributed by atoms with E-state index in [1.807, 2.05) is 66.5 Å². The van der Waals surface area contributed by atoms with Gasteiger partial charge in [-0.3, -0.25) is 9.59 Å². The molecule has 2 aromatic rings. The molecule has 1 aliphatic rings. The number of ether oxygens (including phenoxy) is 1.